The average Bonchev–Trinajstić information content (AvgIpc) is 2.71. The van der Waals surface area contributed by atoms with Crippen LogP contribution in [0.3, 0.4) is 0 Å². The molecule has 0 radical (unpaired) electrons. The fraction of sp³-hybridized carbons (Fsp3) is 0.538. The summed E-state index contributed by atoms with van der Waals surface area (Å²) in [4.78, 5) is 0. The van der Waals surface area contributed by atoms with Gasteiger partial charge in [0.25, 0.3) is 0 Å². The Morgan fingerprint density at radius 3 is 3.00 bits per heavy atom. The number of aryl methyl sites for hydroxylation is 1. The van der Waals surface area contributed by atoms with E-state index in [1.807, 2.05) is 0 Å². The van der Waals surface area contributed by atoms with Gasteiger partial charge in [0, 0.05) is 11.7 Å². The quantitative estimate of drug-likeness (QED) is 0.792. The van der Waals surface area contributed by atoms with Gasteiger partial charge in [0.2, 0.25) is 0 Å². The normalized spacial score (nSPS) is 20.9. The molecule has 2 rings (SSSR count). The molecule has 0 aromatic heterocycles. The lowest BCUT2D eigenvalue weighted by Crippen LogP contribution is -2.30. The smallest absolute Gasteiger partial charge is 0.0408 e. The molecule has 1 aromatic rings. The van der Waals surface area contributed by atoms with E-state index in [1.165, 1.54) is 16.8 Å². The van der Waals surface area contributed by atoms with Gasteiger partial charge < -0.3 is 11.1 Å². The fourth-order valence-electron chi connectivity index (χ4n) is 2.28. The van der Waals surface area contributed by atoms with E-state index in [4.69, 9.17) is 5.73 Å². The molecule has 1 heterocycles. The molecule has 3 N–H and O–H groups in total. The highest BCUT2D eigenvalue weighted by Crippen LogP contribution is 2.32. The molecular formula is C13H20N2. The first kappa shape index (κ1) is 10.5. The van der Waals surface area contributed by atoms with E-state index in [9.17, 15) is 0 Å². The second-order valence-electron chi connectivity index (χ2n) is 4.47. The number of nitrogens with one attached hydrogen (secondary N) is 1. The van der Waals surface area contributed by atoms with Crippen molar-refractivity contribution >= 4 is 5.69 Å². The third-order valence-corrected chi connectivity index (χ3v) is 3.45. The van der Waals surface area contributed by atoms with Gasteiger partial charge in [-0.05, 0) is 36.4 Å². The van der Waals surface area contributed by atoms with E-state index in [0.717, 1.165) is 19.4 Å². The number of benzene rings is 1. The lowest BCUT2D eigenvalue weighted by molar-refractivity contribution is 0.503. The summed E-state index contributed by atoms with van der Waals surface area (Å²) in [6.07, 6.45) is 2.22. The van der Waals surface area contributed by atoms with Crippen LogP contribution in [0.5, 0.6) is 0 Å². The van der Waals surface area contributed by atoms with E-state index in [2.05, 4.69) is 37.4 Å². The molecule has 0 spiro atoms. The zero-order chi connectivity index (χ0) is 10.8. The van der Waals surface area contributed by atoms with Gasteiger partial charge in [-0.25, -0.2) is 0 Å². The molecule has 1 aliphatic heterocycles. The molecule has 2 atom stereocenters. The average molecular weight is 204 g/mol. The van der Waals surface area contributed by atoms with Crippen molar-refractivity contribution in [2.45, 2.75) is 32.7 Å². The Labute approximate surface area is 91.9 Å². The second kappa shape index (κ2) is 4.23. The maximum Gasteiger partial charge on any atom is 0.0408 e. The highest BCUT2D eigenvalue weighted by molar-refractivity contribution is 5.62. The van der Waals surface area contributed by atoms with Crippen LogP contribution in [-0.2, 0) is 12.8 Å². The van der Waals surface area contributed by atoms with Crippen LogP contribution in [-0.4, -0.2) is 12.6 Å². The maximum atomic E-state index is 5.72. The van der Waals surface area contributed by atoms with Gasteiger partial charge in [0.05, 0.1) is 0 Å². The standard InChI is InChI=1S/C13H20N2/c1-3-10-5-4-6-11-7-12(9(2)8-14)15-13(10)11/h4-6,9,12,15H,3,7-8,14H2,1-2H3. The van der Waals surface area contributed by atoms with E-state index >= 15 is 0 Å². The van der Waals surface area contributed by atoms with Gasteiger partial charge in [-0.1, -0.05) is 32.0 Å². The highest BCUT2D eigenvalue weighted by atomic mass is 15.0. The molecule has 0 amide bonds. The molecule has 0 saturated carbocycles. The number of anilines is 1. The van der Waals surface area contributed by atoms with Crippen LogP contribution in [0.2, 0.25) is 0 Å². The zero-order valence-electron chi connectivity index (χ0n) is 9.59. The third kappa shape index (κ3) is 1.86. The fourth-order valence-corrected chi connectivity index (χ4v) is 2.28. The number of hydrogen-bond donors (Lipinski definition) is 2. The van der Waals surface area contributed by atoms with E-state index in [1.54, 1.807) is 0 Å². The zero-order valence-corrected chi connectivity index (χ0v) is 9.59. The van der Waals surface area contributed by atoms with Crippen LogP contribution in [0, 0.1) is 5.92 Å². The molecule has 2 heteroatoms. The summed E-state index contributed by atoms with van der Waals surface area (Å²) in [5.74, 6) is 0.544. The van der Waals surface area contributed by atoms with Crippen molar-refractivity contribution in [2.75, 3.05) is 11.9 Å². The monoisotopic (exact) mass is 204 g/mol. The Kier molecular flexibility index (Phi) is 2.96. The topological polar surface area (TPSA) is 38.0 Å². The van der Waals surface area contributed by atoms with Crippen LogP contribution in [0.15, 0.2) is 18.2 Å². The molecule has 15 heavy (non-hydrogen) atoms. The van der Waals surface area contributed by atoms with E-state index in [-0.39, 0.29) is 0 Å². The SMILES string of the molecule is CCc1cccc2c1NC(C(C)CN)C2. The summed E-state index contributed by atoms with van der Waals surface area (Å²) < 4.78 is 0. The molecule has 1 aliphatic rings. The minimum absolute atomic E-state index is 0.526. The summed E-state index contributed by atoms with van der Waals surface area (Å²) in [5.41, 5.74) is 9.97. The van der Waals surface area contributed by atoms with E-state index in [0.29, 0.717) is 12.0 Å². The van der Waals surface area contributed by atoms with Gasteiger partial charge in [0.15, 0.2) is 0 Å². The van der Waals surface area contributed by atoms with Crippen LogP contribution in [0.1, 0.15) is 25.0 Å². The summed E-state index contributed by atoms with van der Waals surface area (Å²) in [5, 5.41) is 3.62. The Morgan fingerprint density at radius 2 is 2.33 bits per heavy atom. The first-order valence-electron chi connectivity index (χ1n) is 5.83. The molecule has 0 fully saturated rings. The van der Waals surface area contributed by atoms with Crippen molar-refractivity contribution in [1.29, 1.82) is 0 Å². The number of para-hydroxylation sites is 1. The van der Waals surface area contributed by atoms with Crippen LogP contribution in [0.4, 0.5) is 5.69 Å². The van der Waals surface area contributed by atoms with Crippen molar-refractivity contribution in [3.63, 3.8) is 0 Å². The molecule has 0 bridgehead atoms. The van der Waals surface area contributed by atoms with Crippen molar-refractivity contribution < 1.29 is 0 Å². The Morgan fingerprint density at radius 1 is 1.53 bits per heavy atom. The second-order valence-corrected chi connectivity index (χ2v) is 4.47. The molecule has 82 valence electrons. The maximum absolute atomic E-state index is 5.72. The molecular weight excluding hydrogens is 184 g/mol. The van der Waals surface area contributed by atoms with Crippen molar-refractivity contribution in [1.82, 2.24) is 0 Å². The molecule has 0 aliphatic carbocycles. The molecule has 0 saturated heterocycles. The summed E-state index contributed by atoms with van der Waals surface area (Å²) >= 11 is 0. The largest absolute Gasteiger partial charge is 0.381 e. The van der Waals surface area contributed by atoms with Gasteiger partial charge >= 0.3 is 0 Å². The van der Waals surface area contributed by atoms with Crippen molar-refractivity contribution in [3.8, 4) is 0 Å². The highest BCUT2D eigenvalue weighted by Gasteiger charge is 2.25. The number of rotatable bonds is 3. The molecule has 1 aromatic carbocycles. The number of hydrogen-bond acceptors (Lipinski definition) is 2. The van der Waals surface area contributed by atoms with E-state index < -0.39 is 0 Å². The molecule has 2 nitrogen and oxygen atoms in total. The lowest BCUT2D eigenvalue weighted by atomic mass is 9.98. The van der Waals surface area contributed by atoms with Gasteiger partial charge in [-0.15, -0.1) is 0 Å². The summed E-state index contributed by atoms with van der Waals surface area (Å²) in [6, 6.07) is 7.12. The summed E-state index contributed by atoms with van der Waals surface area (Å²) in [7, 11) is 0. The minimum atomic E-state index is 0.526. The predicted octanol–water partition coefficient (Wildman–Crippen LogP) is 2.18. The van der Waals surface area contributed by atoms with Gasteiger partial charge in [-0.2, -0.15) is 0 Å². The minimum Gasteiger partial charge on any atom is -0.381 e. The Balaban J connectivity index is 2.23. The summed E-state index contributed by atoms with van der Waals surface area (Å²) in [6.45, 7) is 5.18. The first-order chi connectivity index (χ1) is 7.26. The number of fused-ring (bicyclic) bond motifs is 1. The predicted molar refractivity (Wildman–Crippen MR) is 65.2 cm³/mol. The van der Waals surface area contributed by atoms with Crippen molar-refractivity contribution in [3.05, 3.63) is 29.3 Å². The van der Waals surface area contributed by atoms with Gasteiger partial charge in [-0.3, -0.25) is 0 Å². The van der Waals surface area contributed by atoms with Crippen LogP contribution >= 0.6 is 0 Å². The number of nitrogens with two attached hydrogens (primary N) is 1. The third-order valence-electron chi connectivity index (χ3n) is 3.45. The Hall–Kier alpha value is -1.02. The lowest BCUT2D eigenvalue weighted by Gasteiger charge is -2.18. The van der Waals surface area contributed by atoms with Gasteiger partial charge in [0.1, 0.15) is 0 Å². The molecule has 2 unspecified atom stereocenters. The van der Waals surface area contributed by atoms with Crippen molar-refractivity contribution in [2.24, 2.45) is 11.7 Å². The van der Waals surface area contributed by atoms with Crippen LogP contribution < -0.4 is 11.1 Å². The first-order valence-corrected chi connectivity index (χ1v) is 5.83. The Bertz CT molecular complexity index is 346. The van der Waals surface area contributed by atoms with Crippen LogP contribution in [0.25, 0.3) is 0 Å².